The molecule has 3 atom stereocenters. The molecule has 1 saturated heterocycles. The van der Waals surface area contributed by atoms with Crippen molar-refractivity contribution in [3.8, 4) is 0 Å². The van der Waals surface area contributed by atoms with E-state index in [0.29, 0.717) is 5.92 Å². The normalized spacial score (nSPS) is 24.1. The van der Waals surface area contributed by atoms with Crippen molar-refractivity contribution in [1.82, 2.24) is 10.6 Å². The number of nitrogens with one attached hydrogen (secondary N) is 2. The highest BCUT2D eigenvalue weighted by atomic mass is 79.9. The number of benzene rings is 1. The molecule has 20 heavy (non-hydrogen) atoms. The van der Waals surface area contributed by atoms with Gasteiger partial charge in [0.1, 0.15) is 0 Å². The number of halogens is 1. The zero-order chi connectivity index (χ0) is 14.5. The van der Waals surface area contributed by atoms with E-state index >= 15 is 0 Å². The number of carbonyl (C=O) groups is 1. The zero-order valence-electron chi connectivity index (χ0n) is 12.2. The Hall–Kier alpha value is -0.870. The lowest BCUT2D eigenvalue weighted by Crippen LogP contribution is -2.49. The van der Waals surface area contributed by atoms with Crippen molar-refractivity contribution in [2.45, 2.75) is 45.2 Å². The van der Waals surface area contributed by atoms with Crippen molar-refractivity contribution < 1.29 is 4.79 Å². The predicted octanol–water partition coefficient (Wildman–Crippen LogP) is 3.40. The Kier molecular flexibility index (Phi) is 5.61. The molecule has 0 saturated carbocycles. The summed E-state index contributed by atoms with van der Waals surface area (Å²) in [6, 6.07) is 8.09. The summed E-state index contributed by atoms with van der Waals surface area (Å²) in [6.45, 7) is 5.18. The second-order valence-electron chi connectivity index (χ2n) is 5.59. The summed E-state index contributed by atoms with van der Waals surface area (Å²) >= 11 is 3.43. The zero-order valence-corrected chi connectivity index (χ0v) is 13.7. The Bertz CT molecular complexity index is 446. The van der Waals surface area contributed by atoms with Crippen molar-refractivity contribution in [3.05, 3.63) is 34.3 Å². The summed E-state index contributed by atoms with van der Waals surface area (Å²) in [4.78, 5) is 12.3. The highest BCUT2D eigenvalue weighted by Gasteiger charge is 2.26. The quantitative estimate of drug-likeness (QED) is 0.883. The average Bonchev–Trinajstić information content (AvgIpc) is 2.47. The topological polar surface area (TPSA) is 41.1 Å². The summed E-state index contributed by atoms with van der Waals surface area (Å²) < 4.78 is 1.06. The van der Waals surface area contributed by atoms with Crippen molar-refractivity contribution in [2.75, 3.05) is 6.54 Å². The molecule has 110 valence electrons. The third-order valence-corrected chi connectivity index (χ3v) is 4.66. The lowest BCUT2D eigenvalue weighted by atomic mass is 9.90. The van der Waals surface area contributed by atoms with E-state index in [2.05, 4.69) is 33.5 Å². The molecular weight excluding hydrogens is 316 g/mol. The van der Waals surface area contributed by atoms with Crippen LogP contribution in [0.25, 0.3) is 0 Å². The first-order valence-corrected chi connectivity index (χ1v) is 8.18. The average molecular weight is 339 g/mol. The van der Waals surface area contributed by atoms with Gasteiger partial charge in [0.05, 0.1) is 12.1 Å². The first-order valence-electron chi connectivity index (χ1n) is 7.39. The monoisotopic (exact) mass is 338 g/mol. The molecule has 1 heterocycles. The Morgan fingerprint density at radius 3 is 2.80 bits per heavy atom. The van der Waals surface area contributed by atoms with Gasteiger partial charge in [-0.05, 0) is 49.9 Å². The lowest BCUT2D eigenvalue weighted by molar-refractivity contribution is -0.124. The molecule has 1 aromatic rings. The van der Waals surface area contributed by atoms with Crippen LogP contribution in [-0.2, 0) is 4.79 Å². The number of piperidine rings is 1. The first-order chi connectivity index (χ1) is 9.60. The van der Waals surface area contributed by atoms with E-state index in [9.17, 15) is 4.79 Å². The summed E-state index contributed by atoms with van der Waals surface area (Å²) in [5.41, 5.74) is 1.13. The van der Waals surface area contributed by atoms with Crippen molar-refractivity contribution in [2.24, 2.45) is 5.92 Å². The second kappa shape index (κ2) is 7.23. The van der Waals surface area contributed by atoms with Gasteiger partial charge in [-0.2, -0.15) is 0 Å². The highest BCUT2D eigenvalue weighted by Crippen LogP contribution is 2.21. The van der Waals surface area contributed by atoms with E-state index in [1.807, 2.05) is 31.2 Å². The van der Waals surface area contributed by atoms with E-state index in [4.69, 9.17) is 0 Å². The summed E-state index contributed by atoms with van der Waals surface area (Å²) in [5, 5.41) is 6.44. The molecule has 2 N–H and O–H groups in total. The predicted molar refractivity (Wildman–Crippen MR) is 85.5 cm³/mol. The maximum absolute atomic E-state index is 12.3. The summed E-state index contributed by atoms with van der Waals surface area (Å²) in [5.74, 6) is 0.800. The molecule has 1 aliphatic heterocycles. The minimum Gasteiger partial charge on any atom is -0.348 e. The Morgan fingerprint density at radius 1 is 1.45 bits per heavy atom. The van der Waals surface area contributed by atoms with Gasteiger partial charge in [-0.3, -0.25) is 4.79 Å². The van der Waals surface area contributed by atoms with Gasteiger partial charge in [-0.15, -0.1) is 0 Å². The first kappa shape index (κ1) is 15.5. The van der Waals surface area contributed by atoms with Crippen molar-refractivity contribution >= 4 is 21.8 Å². The van der Waals surface area contributed by atoms with Crippen LogP contribution in [0.15, 0.2) is 28.7 Å². The second-order valence-corrected chi connectivity index (χ2v) is 6.50. The van der Waals surface area contributed by atoms with Gasteiger partial charge in [0.2, 0.25) is 5.91 Å². The fourth-order valence-electron chi connectivity index (χ4n) is 2.72. The highest BCUT2D eigenvalue weighted by molar-refractivity contribution is 9.10. The van der Waals surface area contributed by atoms with Gasteiger partial charge in [-0.25, -0.2) is 0 Å². The van der Waals surface area contributed by atoms with E-state index in [1.165, 1.54) is 6.42 Å². The van der Waals surface area contributed by atoms with Gasteiger partial charge in [0.15, 0.2) is 0 Å². The van der Waals surface area contributed by atoms with Gasteiger partial charge >= 0.3 is 0 Å². The van der Waals surface area contributed by atoms with Gasteiger partial charge in [-0.1, -0.05) is 41.4 Å². The van der Waals surface area contributed by atoms with Crippen LogP contribution in [0.2, 0.25) is 0 Å². The van der Waals surface area contributed by atoms with Crippen LogP contribution in [-0.4, -0.2) is 18.5 Å². The standard InChI is InChI=1S/C16H23BrN2O/c1-3-12-8-9-18-15(10-12)16(20)19-11(2)13-4-6-14(17)7-5-13/h4-7,11-12,15,18H,3,8-10H2,1-2H3,(H,19,20). The largest absolute Gasteiger partial charge is 0.348 e. The molecule has 1 fully saturated rings. The van der Waals surface area contributed by atoms with E-state index in [-0.39, 0.29) is 18.0 Å². The molecule has 0 spiro atoms. The molecule has 3 unspecified atom stereocenters. The van der Waals surface area contributed by atoms with Crippen LogP contribution < -0.4 is 10.6 Å². The van der Waals surface area contributed by atoms with Crippen molar-refractivity contribution in [1.29, 1.82) is 0 Å². The number of rotatable bonds is 4. The van der Waals surface area contributed by atoms with Crippen LogP contribution in [0, 0.1) is 5.92 Å². The maximum atomic E-state index is 12.3. The number of amides is 1. The number of hydrogen-bond donors (Lipinski definition) is 2. The molecule has 3 nitrogen and oxygen atoms in total. The Labute approximate surface area is 129 Å². The minimum absolute atomic E-state index is 0.0356. The van der Waals surface area contributed by atoms with Crippen LogP contribution in [0.1, 0.15) is 44.7 Å². The molecule has 1 amide bonds. The van der Waals surface area contributed by atoms with Crippen molar-refractivity contribution in [3.63, 3.8) is 0 Å². The smallest absolute Gasteiger partial charge is 0.237 e. The molecule has 4 heteroatoms. The van der Waals surface area contributed by atoms with Gasteiger partial charge in [0, 0.05) is 4.47 Å². The maximum Gasteiger partial charge on any atom is 0.237 e. The molecule has 1 aromatic carbocycles. The van der Waals surface area contributed by atoms with Crippen LogP contribution >= 0.6 is 15.9 Å². The SMILES string of the molecule is CCC1CCNC(C(=O)NC(C)c2ccc(Br)cc2)C1. The molecule has 0 radical (unpaired) electrons. The molecule has 0 bridgehead atoms. The lowest BCUT2D eigenvalue weighted by Gasteiger charge is -2.29. The Balaban J connectivity index is 1.91. The van der Waals surface area contributed by atoms with Gasteiger partial charge in [0.25, 0.3) is 0 Å². The van der Waals surface area contributed by atoms with E-state index in [0.717, 1.165) is 29.4 Å². The van der Waals surface area contributed by atoms with Crippen LogP contribution in [0.4, 0.5) is 0 Å². The number of carbonyl (C=O) groups excluding carboxylic acids is 1. The molecule has 2 rings (SSSR count). The summed E-state index contributed by atoms with van der Waals surface area (Å²) in [7, 11) is 0. The number of hydrogen-bond acceptors (Lipinski definition) is 2. The molecule has 0 aromatic heterocycles. The molecule has 1 aliphatic rings. The van der Waals surface area contributed by atoms with Gasteiger partial charge < -0.3 is 10.6 Å². The minimum atomic E-state index is -0.0356. The fraction of sp³-hybridized carbons (Fsp3) is 0.562. The third-order valence-electron chi connectivity index (χ3n) is 4.13. The molecular formula is C16H23BrN2O. The Morgan fingerprint density at radius 2 is 2.15 bits per heavy atom. The third kappa shape index (κ3) is 4.06. The fourth-order valence-corrected chi connectivity index (χ4v) is 2.98. The molecule has 0 aliphatic carbocycles. The van der Waals surface area contributed by atoms with Crippen LogP contribution in [0.5, 0.6) is 0 Å². The van der Waals surface area contributed by atoms with Crippen LogP contribution in [0.3, 0.4) is 0 Å². The summed E-state index contributed by atoms with van der Waals surface area (Å²) in [6.07, 6.45) is 3.30. The van der Waals surface area contributed by atoms with E-state index in [1.54, 1.807) is 0 Å². The van der Waals surface area contributed by atoms with E-state index < -0.39 is 0 Å².